The number of rotatable bonds is 4. The number of halogens is 2. The minimum atomic E-state index is -0.774. The van der Waals surface area contributed by atoms with Crippen LogP contribution < -0.4 is 5.32 Å². The molecule has 6 heteroatoms. The number of benzene rings is 2. The number of amides is 1. The molecule has 1 N–H and O–H groups in total. The summed E-state index contributed by atoms with van der Waals surface area (Å²) < 4.78 is 18.3. The van der Waals surface area contributed by atoms with Gasteiger partial charge in [0, 0.05) is 10.2 Å². The number of ether oxygens (including phenoxy) is 1. The summed E-state index contributed by atoms with van der Waals surface area (Å²) in [7, 11) is 0. The fourth-order valence-corrected chi connectivity index (χ4v) is 1.99. The molecule has 108 valence electrons. The van der Waals surface area contributed by atoms with Gasteiger partial charge < -0.3 is 10.1 Å². The van der Waals surface area contributed by atoms with E-state index in [4.69, 9.17) is 4.74 Å². The number of para-hydroxylation sites is 1. The zero-order valence-corrected chi connectivity index (χ0v) is 12.4. The van der Waals surface area contributed by atoms with E-state index in [2.05, 4.69) is 21.2 Å². The van der Waals surface area contributed by atoms with Crippen molar-refractivity contribution in [1.82, 2.24) is 0 Å². The number of hydrogen-bond acceptors (Lipinski definition) is 3. The van der Waals surface area contributed by atoms with Crippen molar-refractivity contribution in [1.29, 1.82) is 0 Å². The Labute approximate surface area is 129 Å². The molecule has 0 saturated heterocycles. The van der Waals surface area contributed by atoms with E-state index in [0.29, 0.717) is 10.2 Å². The van der Waals surface area contributed by atoms with Crippen LogP contribution in [-0.4, -0.2) is 18.5 Å². The van der Waals surface area contributed by atoms with Crippen molar-refractivity contribution in [2.45, 2.75) is 0 Å². The van der Waals surface area contributed by atoms with E-state index in [-0.39, 0.29) is 5.56 Å². The average molecular weight is 352 g/mol. The van der Waals surface area contributed by atoms with Gasteiger partial charge in [-0.3, -0.25) is 4.79 Å². The zero-order chi connectivity index (χ0) is 15.2. The van der Waals surface area contributed by atoms with Gasteiger partial charge in [-0.2, -0.15) is 0 Å². The van der Waals surface area contributed by atoms with Gasteiger partial charge in [-0.25, -0.2) is 9.18 Å². The molecule has 1 amide bonds. The Morgan fingerprint density at radius 1 is 1.14 bits per heavy atom. The third-order valence-electron chi connectivity index (χ3n) is 2.54. The second kappa shape index (κ2) is 6.99. The summed E-state index contributed by atoms with van der Waals surface area (Å²) in [5.74, 6) is -1.80. The average Bonchev–Trinajstić information content (AvgIpc) is 2.48. The maximum Gasteiger partial charge on any atom is 0.339 e. The molecule has 2 aromatic carbocycles. The lowest BCUT2D eigenvalue weighted by Gasteiger charge is -2.07. The van der Waals surface area contributed by atoms with Gasteiger partial charge in [0.2, 0.25) is 0 Å². The van der Waals surface area contributed by atoms with Gasteiger partial charge in [-0.15, -0.1) is 0 Å². The maximum absolute atomic E-state index is 13.1. The molecule has 0 heterocycles. The van der Waals surface area contributed by atoms with E-state index in [1.54, 1.807) is 24.3 Å². The fourth-order valence-electron chi connectivity index (χ4n) is 1.58. The van der Waals surface area contributed by atoms with Crippen LogP contribution in [-0.2, 0) is 9.53 Å². The summed E-state index contributed by atoms with van der Waals surface area (Å²) in [6.07, 6.45) is 0. The van der Waals surface area contributed by atoms with Crippen LogP contribution in [0.25, 0.3) is 0 Å². The first-order valence-corrected chi connectivity index (χ1v) is 6.82. The van der Waals surface area contributed by atoms with Gasteiger partial charge in [-0.1, -0.05) is 18.2 Å². The molecule has 0 aliphatic carbocycles. The van der Waals surface area contributed by atoms with Crippen LogP contribution in [0.2, 0.25) is 0 Å². The minimum Gasteiger partial charge on any atom is -0.452 e. The topological polar surface area (TPSA) is 55.4 Å². The highest BCUT2D eigenvalue weighted by molar-refractivity contribution is 9.10. The van der Waals surface area contributed by atoms with Crippen molar-refractivity contribution in [2.75, 3.05) is 11.9 Å². The SMILES string of the molecule is O=C(COC(=O)c1cc(F)ccc1Br)Nc1ccccc1. The minimum absolute atomic E-state index is 0.0301. The number of carbonyl (C=O) groups excluding carboxylic acids is 2. The lowest BCUT2D eigenvalue weighted by molar-refractivity contribution is -0.119. The van der Waals surface area contributed by atoms with Gasteiger partial charge in [0.15, 0.2) is 6.61 Å². The molecule has 0 fully saturated rings. The summed E-state index contributed by atoms with van der Waals surface area (Å²) in [4.78, 5) is 23.4. The Morgan fingerprint density at radius 2 is 1.86 bits per heavy atom. The monoisotopic (exact) mass is 351 g/mol. The molecule has 0 atom stereocenters. The second-order valence-electron chi connectivity index (χ2n) is 4.11. The van der Waals surface area contributed by atoms with E-state index in [9.17, 15) is 14.0 Å². The molecule has 21 heavy (non-hydrogen) atoms. The number of nitrogens with one attached hydrogen (secondary N) is 1. The van der Waals surface area contributed by atoms with E-state index >= 15 is 0 Å². The van der Waals surface area contributed by atoms with Crippen LogP contribution in [0.15, 0.2) is 53.0 Å². The van der Waals surface area contributed by atoms with Crippen LogP contribution in [0.5, 0.6) is 0 Å². The number of anilines is 1. The molecule has 0 unspecified atom stereocenters. The van der Waals surface area contributed by atoms with E-state index in [1.807, 2.05) is 6.07 Å². The van der Waals surface area contributed by atoms with E-state index in [1.165, 1.54) is 12.1 Å². The van der Waals surface area contributed by atoms with Crippen LogP contribution in [0.3, 0.4) is 0 Å². The number of carbonyl (C=O) groups is 2. The van der Waals surface area contributed by atoms with Gasteiger partial charge in [0.25, 0.3) is 5.91 Å². The molecule has 4 nitrogen and oxygen atoms in total. The predicted octanol–water partition coefficient (Wildman–Crippen LogP) is 3.38. The third kappa shape index (κ3) is 4.39. The van der Waals surface area contributed by atoms with Crippen molar-refractivity contribution in [3.05, 3.63) is 64.4 Å². The highest BCUT2D eigenvalue weighted by atomic mass is 79.9. The molecule has 2 rings (SSSR count). The number of esters is 1. The molecule has 0 saturated carbocycles. The fraction of sp³-hybridized carbons (Fsp3) is 0.0667. The Balaban J connectivity index is 1.92. The first-order chi connectivity index (χ1) is 10.1. The lowest BCUT2D eigenvalue weighted by atomic mass is 10.2. The molecule has 0 aliphatic heterocycles. The summed E-state index contributed by atoms with van der Waals surface area (Å²) >= 11 is 3.12. The Kier molecular flexibility index (Phi) is 5.05. The molecule has 0 aromatic heterocycles. The summed E-state index contributed by atoms with van der Waals surface area (Å²) in [5.41, 5.74) is 0.632. The first kappa shape index (κ1) is 15.2. The van der Waals surface area contributed by atoms with Crippen molar-refractivity contribution in [3.8, 4) is 0 Å². The van der Waals surface area contributed by atoms with Crippen molar-refractivity contribution in [2.24, 2.45) is 0 Å². The summed E-state index contributed by atoms with van der Waals surface area (Å²) in [6, 6.07) is 12.4. The van der Waals surface area contributed by atoms with Gasteiger partial charge in [0.1, 0.15) is 5.82 Å². The second-order valence-corrected chi connectivity index (χ2v) is 4.97. The Morgan fingerprint density at radius 3 is 2.57 bits per heavy atom. The molecule has 2 aromatic rings. The lowest BCUT2D eigenvalue weighted by Crippen LogP contribution is -2.21. The highest BCUT2D eigenvalue weighted by Gasteiger charge is 2.14. The third-order valence-corrected chi connectivity index (χ3v) is 3.23. The van der Waals surface area contributed by atoms with Gasteiger partial charge in [-0.05, 0) is 46.3 Å². The van der Waals surface area contributed by atoms with Crippen molar-refractivity contribution >= 4 is 33.5 Å². The van der Waals surface area contributed by atoms with Crippen molar-refractivity contribution < 1.29 is 18.7 Å². The van der Waals surface area contributed by atoms with Crippen LogP contribution in [0.4, 0.5) is 10.1 Å². The summed E-state index contributed by atoms with van der Waals surface area (Å²) in [6.45, 7) is -0.448. The molecule has 0 spiro atoms. The first-order valence-electron chi connectivity index (χ1n) is 6.03. The normalized spacial score (nSPS) is 10.0. The Bertz CT molecular complexity index is 661. The molecular weight excluding hydrogens is 341 g/mol. The molecule has 0 radical (unpaired) electrons. The van der Waals surface area contributed by atoms with E-state index in [0.717, 1.165) is 6.07 Å². The van der Waals surface area contributed by atoms with Crippen LogP contribution in [0.1, 0.15) is 10.4 Å². The van der Waals surface area contributed by atoms with Crippen LogP contribution >= 0.6 is 15.9 Å². The Hall–Kier alpha value is -2.21. The quantitative estimate of drug-likeness (QED) is 0.859. The molecule has 0 bridgehead atoms. The van der Waals surface area contributed by atoms with E-state index < -0.39 is 24.3 Å². The maximum atomic E-state index is 13.1. The standard InChI is InChI=1S/C15H11BrFNO3/c16-13-7-6-10(17)8-12(13)15(20)21-9-14(19)18-11-4-2-1-3-5-11/h1-8H,9H2,(H,18,19). The van der Waals surface area contributed by atoms with Crippen LogP contribution in [0, 0.1) is 5.82 Å². The highest BCUT2D eigenvalue weighted by Crippen LogP contribution is 2.18. The predicted molar refractivity (Wildman–Crippen MR) is 79.5 cm³/mol. The molecule has 0 aliphatic rings. The summed E-state index contributed by atoms with van der Waals surface area (Å²) in [5, 5.41) is 2.57. The van der Waals surface area contributed by atoms with Gasteiger partial charge >= 0.3 is 5.97 Å². The van der Waals surface area contributed by atoms with Gasteiger partial charge in [0.05, 0.1) is 5.56 Å². The molecular formula is C15H11BrFNO3. The smallest absolute Gasteiger partial charge is 0.339 e. The largest absolute Gasteiger partial charge is 0.452 e. The zero-order valence-electron chi connectivity index (χ0n) is 10.8. The van der Waals surface area contributed by atoms with Crippen molar-refractivity contribution in [3.63, 3.8) is 0 Å². The number of hydrogen-bond donors (Lipinski definition) is 1.